The average molecular weight is 343 g/mol. The van der Waals surface area contributed by atoms with Gasteiger partial charge in [0, 0.05) is 29.1 Å². The van der Waals surface area contributed by atoms with Crippen LogP contribution >= 0.6 is 22.9 Å². The first-order valence-corrected chi connectivity index (χ1v) is 7.94. The first-order chi connectivity index (χ1) is 11.1. The molecule has 0 bridgehead atoms. The van der Waals surface area contributed by atoms with Gasteiger partial charge in [-0.05, 0) is 35.9 Å². The van der Waals surface area contributed by atoms with Gasteiger partial charge in [-0.1, -0.05) is 23.7 Å². The fourth-order valence-corrected chi connectivity index (χ4v) is 2.96. The van der Waals surface area contributed by atoms with Gasteiger partial charge in [-0.3, -0.25) is 14.6 Å². The minimum atomic E-state index is -0.223. The van der Waals surface area contributed by atoms with Crippen molar-refractivity contribution in [3.63, 3.8) is 0 Å². The highest BCUT2D eigenvalue weighted by Crippen LogP contribution is 2.09. The van der Waals surface area contributed by atoms with E-state index in [9.17, 15) is 9.59 Å². The summed E-state index contributed by atoms with van der Waals surface area (Å²) in [6.07, 6.45) is 6.28. The lowest BCUT2D eigenvalue weighted by atomic mass is 10.2. The van der Waals surface area contributed by atoms with Crippen LogP contribution in [-0.2, 0) is 0 Å². The number of hydrogen-bond donors (Lipinski definition) is 1. The summed E-state index contributed by atoms with van der Waals surface area (Å²) in [5.41, 5.74) is 1.17. The van der Waals surface area contributed by atoms with Gasteiger partial charge < -0.3 is 4.98 Å². The molecule has 0 spiro atoms. The number of rotatable bonds is 3. The third kappa shape index (κ3) is 3.83. The zero-order valence-electron chi connectivity index (χ0n) is 11.8. The van der Waals surface area contributed by atoms with E-state index in [0.717, 1.165) is 5.56 Å². The highest BCUT2D eigenvalue weighted by molar-refractivity contribution is 7.07. The van der Waals surface area contributed by atoms with Crippen LogP contribution in [0, 0.1) is 0 Å². The largest absolute Gasteiger partial charge is 0.313 e. The number of pyridine rings is 1. The Morgan fingerprint density at radius 2 is 1.83 bits per heavy atom. The molecule has 0 aliphatic carbocycles. The number of carbonyl (C=O) groups excluding carboxylic acids is 1. The number of carbonyl (C=O) groups is 1. The molecule has 0 saturated heterocycles. The molecule has 0 saturated carbocycles. The Bertz CT molecular complexity index is 1010. The van der Waals surface area contributed by atoms with Crippen LogP contribution in [0.3, 0.4) is 0 Å². The van der Waals surface area contributed by atoms with Gasteiger partial charge in [0.25, 0.3) is 5.56 Å². The highest BCUT2D eigenvalue weighted by Gasteiger charge is 2.02. The zero-order chi connectivity index (χ0) is 16.2. The summed E-state index contributed by atoms with van der Waals surface area (Å²) in [4.78, 5) is 30.7. The summed E-state index contributed by atoms with van der Waals surface area (Å²) in [6, 6.07) is 10.4. The van der Waals surface area contributed by atoms with E-state index in [1.54, 1.807) is 42.7 Å². The second kappa shape index (κ2) is 6.73. The van der Waals surface area contributed by atoms with Gasteiger partial charge in [-0.15, -0.1) is 11.3 Å². The number of aromatic nitrogens is 2. The predicted molar refractivity (Wildman–Crippen MR) is 92.2 cm³/mol. The number of halogens is 1. The molecule has 0 radical (unpaired) electrons. The summed E-state index contributed by atoms with van der Waals surface area (Å²) in [5.74, 6) is -0.178. The van der Waals surface area contributed by atoms with E-state index in [-0.39, 0.29) is 11.3 Å². The van der Waals surface area contributed by atoms with E-state index in [2.05, 4.69) is 9.97 Å². The Morgan fingerprint density at radius 3 is 2.52 bits per heavy atom. The van der Waals surface area contributed by atoms with Crippen LogP contribution in [0.15, 0.2) is 53.6 Å². The van der Waals surface area contributed by atoms with Crippen molar-refractivity contribution in [1.82, 2.24) is 9.97 Å². The zero-order valence-corrected chi connectivity index (χ0v) is 13.4. The first-order valence-electron chi connectivity index (χ1n) is 6.74. The fourth-order valence-electron chi connectivity index (χ4n) is 1.95. The molecule has 0 aliphatic rings. The van der Waals surface area contributed by atoms with Crippen molar-refractivity contribution in [2.75, 3.05) is 0 Å². The van der Waals surface area contributed by atoms with Gasteiger partial charge in [0.05, 0.1) is 9.20 Å². The Kier molecular flexibility index (Phi) is 4.50. The van der Waals surface area contributed by atoms with Crippen molar-refractivity contribution in [3.8, 4) is 0 Å². The molecular weight excluding hydrogens is 332 g/mol. The standard InChI is InChI=1S/C17H11ClN2O2S/c18-13-3-1-11(2-4-13)9-15-17(22)20-16(23-15)10-14(21)12-5-7-19-8-6-12/h1-10H,(H,20,22). The van der Waals surface area contributed by atoms with Crippen molar-refractivity contribution in [1.29, 1.82) is 0 Å². The summed E-state index contributed by atoms with van der Waals surface area (Å²) in [6.45, 7) is 0. The highest BCUT2D eigenvalue weighted by atomic mass is 35.5. The third-order valence-corrected chi connectivity index (χ3v) is 4.29. The number of H-pyrrole nitrogens is 1. The molecule has 114 valence electrons. The smallest absolute Gasteiger partial charge is 0.266 e. The lowest BCUT2D eigenvalue weighted by Gasteiger charge is -1.91. The van der Waals surface area contributed by atoms with Crippen LogP contribution in [0.2, 0.25) is 5.02 Å². The quantitative estimate of drug-likeness (QED) is 0.740. The molecule has 1 N–H and O–H groups in total. The van der Waals surface area contributed by atoms with Crippen molar-refractivity contribution < 1.29 is 4.79 Å². The molecule has 23 heavy (non-hydrogen) atoms. The van der Waals surface area contributed by atoms with Gasteiger partial charge in [-0.25, -0.2) is 0 Å². The second-order valence-corrected chi connectivity index (χ2v) is 6.25. The van der Waals surface area contributed by atoms with Gasteiger partial charge in [0.15, 0.2) is 5.78 Å². The van der Waals surface area contributed by atoms with Crippen molar-refractivity contribution in [2.45, 2.75) is 0 Å². The molecule has 0 atom stereocenters. The van der Waals surface area contributed by atoms with Crippen LogP contribution in [0.1, 0.15) is 15.9 Å². The maximum absolute atomic E-state index is 12.1. The molecule has 3 rings (SSSR count). The number of Topliss-reactive ketones (excluding diaryl/α,β-unsaturated/α-hetero) is 1. The van der Waals surface area contributed by atoms with E-state index in [1.165, 1.54) is 17.4 Å². The van der Waals surface area contributed by atoms with Gasteiger partial charge >= 0.3 is 0 Å². The van der Waals surface area contributed by atoms with Gasteiger partial charge in [0.2, 0.25) is 0 Å². The number of nitrogens with zero attached hydrogens (tertiary/aromatic N) is 1. The topological polar surface area (TPSA) is 62.8 Å². The summed E-state index contributed by atoms with van der Waals surface area (Å²) < 4.78 is 1.04. The fraction of sp³-hybridized carbons (Fsp3) is 0. The summed E-state index contributed by atoms with van der Waals surface area (Å²) >= 11 is 7.07. The molecule has 4 nitrogen and oxygen atoms in total. The Hall–Kier alpha value is -2.50. The number of aromatic amines is 1. The van der Waals surface area contributed by atoms with Gasteiger partial charge in [-0.2, -0.15) is 0 Å². The van der Waals surface area contributed by atoms with Crippen LogP contribution in [0.25, 0.3) is 12.2 Å². The molecular formula is C17H11ClN2O2S. The average Bonchev–Trinajstić information content (AvgIpc) is 2.90. The molecule has 2 heterocycles. The number of thiazole rings is 1. The first kappa shape index (κ1) is 15.4. The Morgan fingerprint density at radius 1 is 1.13 bits per heavy atom. The Labute approximate surface area is 140 Å². The van der Waals surface area contributed by atoms with Crippen LogP contribution in [0.5, 0.6) is 0 Å². The minimum absolute atomic E-state index is 0.178. The molecule has 0 aliphatic heterocycles. The monoisotopic (exact) mass is 342 g/mol. The minimum Gasteiger partial charge on any atom is -0.313 e. The van der Waals surface area contributed by atoms with Crippen molar-refractivity contribution >= 4 is 40.9 Å². The molecule has 0 fully saturated rings. The van der Waals surface area contributed by atoms with Crippen molar-refractivity contribution in [3.05, 3.63) is 84.5 Å². The molecule has 0 amide bonds. The molecule has 6 heteroatoms. The molecule has 3 aromatic rings. The molecule has 2 aromatic heterocycles. The SMILES string of the molecule is O=C(C=c1[nH]c(=O)c(=Cc2ccc(Cl)cc2)s1)c1ccncc1. The predicted octanol–water partition coefficient (Wildman–Crippen LogP) is 1.98. The number of ketones is 1. The van der Waals surface area contributed by atoms with Crippen LogP contribution < -0.4 is 14.8 Å². The van der Waals surface area contributed by atoms with Crippen LogP contribution in [0.4, 0.5) is 0 Å². The number of nitrogens with one attached hydrogen (secondary N) is 1. The summed E-state index contributed by atoms with van der Waals surface area (Å²) in [7, 11) is 0. The van der Waals surface area contributed by atoms with E-state index in [0.29, 0.717) is 19.8 Å². The van der Waals surface area contributed by atoms with Crippen LogP contribution in [-0.4, -0.2) is 15.8 Å². The van der Waals surface area contributed by atoms with E-state index in [4.69, 9.17) is 11.6 Å². The Balaban J connectivity index is 1.98. The van der Waals surface area contributed by atoms with E-state index < -0.39 is 0 Å². The van der Waals surface area contributed by atoms with Crippen molar-refractivity contribution in [2.24, 2.45) is 0 Å². The maximum Gasteiger partial charge on any atom is 0.266 e. The second-order valence-electron chi connectivity index (χ2n) is 4.73. The van der Waals surface area contributed by atoms with E-state index in [1.807, 2.05) is 12.1 Å². The maximum atomic E-state index is 12.1. The molecule has 1 aromatic carbocycles. The van der Waals surface area contributed by atoms with Gasteiger partial charge in [0.1, 0.15) is 0 Å². The lowest BCUT2D eigenvalue weighted by Crippen LogP contribution is -2.19. The molecule has 0 unspecified atom stereocenters. The lowest BCUT2D eigenvalue weighted by molar-refractivity contribution is 0.106. The third-order valence-electron chi connectivity index (χ3n) is 3.08. The van der Waals surface area contributed by atoms with E-state index >= 15 is 0 Å². The number of benzene rings is 1. The normalized spacial score (nSPS) is 12.6. The number of hydrogen-bond acceptors (Lipinski definition) is 4. The summed E-state index contributed by atoms with van der Waals surface area (Å²) in [5, 5.41) is 0.638.